The summed E-state index contributed by atoms with van der Waals surface area (Å²) in [6.45, 7) is 4.78. The monoisotopic (exact) mass is 386 g/mol. The van der Waals surface area contributed by atoms with Crippen molar-refractivity contribution in [2.75, 3.05) is 13.2 Å². The molecular formula is C21H23FN2O4. The van der Waals surface area contributed by atoms with Gasteiger partial charge in [0.15, 0.2) is 11.5 Å². The molecule has 148 valence electrons. The van der Waals surface area contributed by atoms with E-state index >= 15 is 0 Å². The van der Waals surface area contributed by atoms with Crippen LogP contribution in [0.2, 0.25) is 0 Å². The van der Waals surface area contributed by atoms with Crippen LogP contribution in [-0.2, 0) is 16.0 Å². The Morgan fingerprint density at radius 3 is 2.32 bits per heavy atom. The summed E-state index contributed by atoms with van der Waals surface area (Å²) in [5.41, 5.74) is 6.00. The lowest BCUT2D eigenvalue weighted by molar-refractivity contribution is -0.126. The maximum Gasteiger partial charge on any atom is 0.262 e. The first-order chi connectivity index (χ1) is 13.5. The van der Waals surface area contributed by atoms with Gasteiger partial charge in [-0.15, -0.1) is 0 Å². The molecule has 2 aromatic carbocycles. The number of carbonyl (C=O) groups is 2. The first kappa shape index (κ1) is 21.0. The van der Waals surface area contributed by atoms with Crippen molar-refractivity contribution < 1.29 is 23.5 Å². The van der Waals surface area contributed by atoms with Crippen molar-refractivity contribution in [3.63, 3.8) is 0 Å². The minimum absolute atomic E-state index is 0.0287. The van der Waals surface area contributed by atoms with Crippen molar-refractivity contribution in [1.82, 2.24) is 10.9 Å². The maximum absolute atomic E-state index is 12.9. The Balaban J connectivity index is 1.87. The van der Waals surface area contributed by atoms with E-state index in [9.17, 15) is 14.0 Å². The molecule has 2 aromatic rings. The zero-order valence-electron chi connectivity index (χ0n) is 15.8. The fourth-order valence-corrected chi connectivity index (χ4v) is 2.35. The third kappa shape index (κ3) is 6.75. The summed E-state index contributed by atoms with van der Waals surface area (Å²) in [7, 11) is 0. The van der Waals surface area contributed by atoms with Gasteiger partial charge in [-0.3, -0.25) is 20.4 Å². The lowest BCUT2D eigenvalue weighted by atomic mass is 10.1. The van der Waals surface area contributed by atoms with Gasteiger partial charge in [0.1, 0.15) is 5.82 Å². The summed E-state index contributed by atoms with van der Waals surface area (Å²) >= 11 is 0. The molecule has 2 amide bonds. The predicted octanol–water partition coefficient (Wildman–Crippen LogP) is 3.03. The minimum Gasteiger partial charge on any atom is -0.490 e. The molecule has 6 nitrogen and oxygen atoms in total. The van der Waals surface area contributed by atoms with E-state index in [1.54, 1.807) is 24.3 Å². The molecule has 0 saturated heterocycles. The first-order valence-corrected chi connectivity index (χ1v) is 8.92. The molecule has 0 fully saturated rings. The molecule has 0 saturated carbocycles. The van der Waals surface area contributed by atoms with Crippen LogP contribution in [0, 0.1) is 5.82 Å². The van der Waals surface area contributed by atoms with E-state index in [1.807, 2.05) is 13.8 Å². The summed E-state index contributed by atoms with van der Waals surface area (Å²) in [4.78, 5) is 23.7. The number of nitrogens with one attached hydrogen (secondary N) is 2. The Morgan fingerprint density at radius 1 is 0.964 bits per heavy atom. The molecule has 2 rings (SSSR count). The predicted molar refractivity (Wildman–Crippen MR) is 104 cm³/mol. The number of hydrogen-bond acceptors (Lipinski definition) is 4. The fourth-order valence-electron chi connectivity index (χ4n) is 2.35. The fraction of sp³-hybridized carbons (Fsp3) is 0.238. The Morgan fingerprint density at radius 2 is 1.64 bits per heavy atom. The van der Waals surface area contributed by atoms with Gasteiger partial charge in [0.05, 0.1) is 19.6 Å². The highest BCUT2D eigenvalue weighted by atomic mass is 19.1. The smallest absolute Gasteiger partial charge is 0.262 e. The average molecular weight is 386 g/mol. The van der Waals surface area contributed by atoms with Crippen LogP contribution in [0.3, 0.4) is 0 Å². The maximum atomic E-state index is 12.9. The van der Waals surface area contributed by atoms with E-state index in [-0.39, 0.29) is 12.2 Å². The number of carbonyl (C=O) groups excluding carboxylic acids is 2. The van der Waals surface area contributed by atoms with E-state index in [4.69, 9.17) is 9.47 Å². The van der Waals surface area contributed by atoms with Crippen LogP contribution in [0.25, 0.3) is 6.08 Å². The highest BCUT2D eigenvalue weighted by Crippen LogP contribution is 2.28. The molecule has 0 bridgehead atoms. The molecular weight excluding hydrogens is 363 g/mol. The number of hydrazine groups is 1. The molecule has 0 unspecified atom stereocenters. The second-order valence-corrected chi connectivity index (χ2v) is 5.75. The molecule has 0 spiro atoms. The molecule has 0 aromatic heterocycles. The molecule has 7 heteroatoms. The molecule has 0 aliphatic carbocycles. The third-order valence-corrected chi connectivity index (χ3v) is 3.60. The number of benzene rings is 2. The Hall–Kier alpha value is -3.35. The van der Waals surface area contributed by atoms with Crippen LogP contribution < -0.4 is 20.3 Å². The van der Waals surface area contributed by atoms with Crippen LogP contribution in [0.15, 0.2) is 48.5 Å². The molecule has 28 heavy (non-hydrogen) atoms. The van der Waals surface area contributed by atoms with Crippen LogP contribution in [0.4, 0.5) is 4.39 Å². The van der Waals surface area contributed by atoms with Crippen LogP contribution >= 0.6 is 0 Å². The van der Waals surface area contributed by atoms with Gasteiger partial charge in [-0.05, 0) is 55.3 Å². The zero-order chi connectivity index (χ0) is 20.4. The number of ether oxygens (including phenoxy) is 2. The summed E-state index contributed by atoms with van der Waals surface area (Å²) in [6, 6.07) is 10.9. The van der Waals surface area contributed by atoms with Crippen molar-refractivity contribution >= 4 is 17.9 Å². The van der Waals surface area contributed by atoms with Gasteiger partial charge >= 0.3 is 0 Å². The number of rotatable bonds is 8. The van der Waals surface area contributed by atoms with E-state index < -0.39 is 11.8 Å². The van der Waals surface area contributed by atoms with Crippen molar-refractivity contribution in [3.8, 4) is 11.5 Å². The Kier molecular flexibility index (Phi) is 8.02. The normalized spacial score (nSPS) is 10.5. The lowest BCUT2D eigenvalue weighted by Gasteiger charge is -2.11. The molecule has 0 aliphatic rings. The topological polar surface area (TPSA) is 76.7 Å². The summed E-state index contributed by atoms with van der Waals surface area (Å²) in [6.07, 6.45) is 2.92. The second kappa shape index (κ2) is 10.7. The number of amides is 2. The summed E-state index contributed by atoms with van der Waals surface area (Å²) in [5, 5.41) is 0. The highest BCUT2D eigenvalue weighted by Gasteiger charge is 2.06. The van der Waals surface area contributed by atoms with Crippen LogP contribution in [0.5, 0.6) is 11.5 Å². The molecule has 0 atom stereocenters. The van der Waals surface area contributed by atoms with E-state index in [0.717, 1.165) is 5.56 Å². The first-order valence-electron chi connectivity index (χ1n) is 8.92. The second-order valence-electron chi connectivity index (χ2n) is 5.75. The number of hydrogen-bond donors (Lipinski definition) is 2. The van der Waals surface area contributed by atoms with E-state index in [0.29, 0.717) is 30.3 Å². The van der Waals surface area contributed by atoms with Crippen LogP contribution in [-0.4, -0.2) is 25.0 Å². The standard InChI is InChI=1S/C21H23FN2O4/c1-3-27-18-11-7-15(13-19(18)28-4-2)8-12-20(25)23-24-21(26)14-16-5-9-17(22)10-6-16/h5-13H,3-4,14H2,1-2H3,(H,23,25)(H,24,26)/b12-8+. The minimum atomic E-state index is -0.487. The van der Waals surface area contributed by atoms with E-state index in [2.05, 4.69) is 10.9 Å². The highest BCUT2D eigenvalue weighted by molar-refractivity contribution is 5.93. The molecule has 0 radical (unpaired) electrons. The summed E-state index contributed by atoms with van der Waals surface area (Å²) in [5.74, 6) is -0.0322. The van der Waals surface area contributed by atoms with Crippen molar-refractivity contribution in [2.24, 2.45) is 0 Å². The SMILES string of the molecule is CCOc1ccc(/C=C/C(=O)NNC(=O)Cc2ccc(F)cc2)cc1OCC. The summed E-state index contributed by atoms with van der Waals surface area (Å²) < 4.78 is 23.9. The van der Waals surface area contributed by atoms with Crippen molar-refractivity contribution in [1.29, 1.82) is 0 Å². The van der Waals surface area contributed by atoms with Gasteiger partial charge in [-0.25, -0.2) is 4.39 Å². The lowest BCUT2D eigenvalue weighted by Crippen LogP contribution is -2.41. The van der Waals surface area contributed by atoms with Crippen molar-refractivity contribution in [3.05, 3.63) is 65.5 Å². The zero-order valence-corrected chi connectivity index (χ0v) is 15.8. The number of halogens is 1. The quantitative estimate of drug-likeness (QED) is 0.540. The molecule has 2 N–H and O–H groups in total. The van der Waals surface area contributed by atoms with Gasteiger partial charge in [-0.1, -0.05) is 18.2 Å². The Bertz CT molecular complexity index is 835. The largest absolute Gasteiger partial charge is 0.490 e. The van der Waals surface area contributed by atoms with E-state index in [1.165, 1.54) is 30.3 Å². The average Bonchev–Trinajstić information content (AvgIpc) is 2.68. The van der Waals surface area contributed by atoms with Crippen LogP contribution in [0.1, 0.15) is 25.0 Å². The molecule has 0 aliphatic heterocycles. The third-order valence-electron chi connectivity index (χ3n) is 3.60. The van der Waals surface area contributed by atoms with Gasteiger partial charge in [-0.2, -0.15) is 0 Å². The van der Waals surface area contributed by atoms with Gasteiger partial charge < -0.3 is 9.47 Å². The molecule has 0 heterocycles. The van der Waals surface area contributed by atoms with Crippen molar-refractivity contribution in [2.45, 2.75) is 20.3 Å². The van der Waals surface area contributed by atoms with Gasteiger partial charge in [0, 0.05) is 6.08 Å². The Labute approximate surface area is 163 Å². The van der Waals surface area contributed by atoms with Gasteiger partial charge in [0.2, 0.25) is 5.91 Å². The van der Waals surface area contributed by atoms with Gasteiger partial charge in [0.25, 0.3) is 5.91 Å².